The molecule has 6 nitrogen and oxygen atoms in total. The lowest BCUT2D eigenvalue weighted by atomic mass is 9.99. The first-order valence-corrected chi connectivity index (χ1v) is 11.3. The van der Waals surface area contributed by atoms with E-state index in [1.807, 2.05) is 6.92 Å². The number of sulfonamides is 1. The third-order valence-electron chi connectivity index (χ3n) is 4.96. The number of benzene rings is 1. The van der Waals surface area contributed by atoms with E-state index >= 15 is 0 Å². The molecule has 2 aliphatic rings. The molecule has 2 heterocycles. The first-order valence-electron chi connectivity index (χ1n) is 7.95. The van der Waals surface area contributed by atoms with Crippen LogP contribution in [0.5, 0.6) is 0 Å². The zero-order valence-corrected chi connectivity index (χ0v) is 15.3. The highest BCUT2D eigenvalue weighted by atomic mass is 32.2. The minimum absolute atomic E-state index is 0.149. The van der Waals surface area contributed by atoms with Gasteiger partial charge in [0.05, 0.1) is 10.9 Å². The predicted octanol–water partition coefficient (Wildman–Crippen LogP) is 1.29. The van der Waals surface area contributed by atoms with E-state index in [0.717, 1.165) is 11.8 Å². The molecule has 24 heavy (non-hydrogen) atoms. The predicted molar refractivity (Wildman–Crippen MR) is 89.9 cm³/mol. The molecule has 2 bridgehead atoms. The number of carbonyl (C=O) groups excluding carboxylic acids is 1. The zero-order valence-electron chi connectivity index (χ0n) is 13.7. The number of hydrogen-bond donors (Lipinski definition) is 0. The van der Waals surface area contributed by atoms with E-state index in [4.69, 9.17) is 0 Å². The molecule has 3 unspecified atom stereocenters. The Kier molecular flexibility index (Phi) is 4.34. The molecule has 0 amide bonds. The molecule has 0 saturated carbocycles. The second-order valence-electron chi connectivity index (χ2n) is 6.69. The van der Waals surface area contributed by atoms with E-state index < -0.39 is 36.9 Å². The maximum atomic E-state index is 13.0. The fraction of sp³-hybridized carbons (Fsp3) is 0.562. The van der Waals surface area contributed by atoms with Gasteiger partial charge in [-0.15, -0.1) is 0 Å². The van der Waals surface area contributed by atoms with Crippen molar-refractivity contribution in [2.24, 2.45) is 0 Å². The summed E-state index contributed by atoms with van der Waals surface area (Å²) in [7, 11) is -7.35. The van der Waals surface area contributed by atoms with Gasteiger partial charge in [0.1, 0.15) is 5.25 Å². The fourth-order valence-corrected chi connectivity index (χ4v) is 6.73. The summed E-state index contributed by atoms with van der Waals surface area (Å²) in [6.07, 6.45) is 2.62. The van der Waals surface area contributed by atoms with Crippen molar-refractivity contribution in [2.75, 3.05) is 6.26 Å². The largest absolute Gasteiger partial charge is 0.296 e. The first kappa shape index (κ1) is 17.6. The van der Waals surface area contributed by atoms with Crippen LogP contribution in [-0.2, 0) is 24.7 Å². The molecule has 0 aromatic heterocycles. The number of aryl methyl sites for hydroxylation is 1. The van der Waals surface area contributed by atoms with Crippen molar-refractivity contribution in [3.63, 3.8) is 0 Å². The van der Waals surface area contributed by atoms with Gasteiger partial charge in [0.25, 0.3) is 0 Å². The molecular formula is C16H21NO5S2. The molecule has 3 rings (SSSR count). The molecule has 0 radical (unpaired) electrons. The van der Waals surface area contributed by atoms with Crippen molar-refractivity contribution < 1.29 is 21.6 Å². The van der Waals surface area contributed by atoms with Crippen molar-refractivity contribution >= 4 is 25.6 Å². The Morgan fingerprint density at radius 1 is 0.958 bits per heavy atom. The smallest absolute Gasteiger partial charge is 0.243 e. The van der Waals surface area contributed by atoms with Gasteiger partial charge < -0.3 is 0 Å². The van der Waals surface area contributed by atoms with E-state index in [1.54, 1.807) is 12.1 Å². The Hall–Kier alpha value is -1.25. The van der Waals surface area contributed by atoms with Crippen LogP contribution in [0.2, 0.25) is 0 Å². The summed E-state index contributed by atoms with van der Waals surface area (Å²) in [6, 6.07) is 5.32. The lowest BCUT2D eigenvalue weighted by Crippen LogP contribution is -2.46. The van der Waals surface area contributed by atoms with Crippen LogP contribution in [0.25, 0.3) is 0 Å². The maximum Gasteiger partial charge on any atom is 0.243 e. The maximum absolute atomic E-state index is 13.0. The van der Waals surface area contributed by atoms with Crippen molar-refractivity contribution in [1.82, 2.24) is 4.31 Å². The van der Waals surface area contributed by atoms with Gasteiger partial charge in [0.2, 0.25) is 10.0 Å². The summed E-state index contributed by atoms with van der Waals surface area (Å²) in [4.78, 5) is 12.9. The third kappa shape index (κ3) is 2.91. The van der Waals surface area contributed by atoms with Gasteiger partial charge in [0, 0.05) is 12.3 Å². The van der Waals surface area contributed by atoms with Crippen LogP contribution in [0.1, 0.15) is 31.2 Å². The van der Waals surface area contributed by atoms with Gasteiger partial charge in [-0.3, -0.25) is 4.79 Å². The summed E-state index contributed by atoms with van der Waals surface area (Å²) in [5.74, 6) is -0.479. The average Bonchev–Trinajstić information content (AvgIpc) is 2.83. The highest BCUT2D eigenvalue weighted by Crippen LogP contribution is 2.38. The topological polar surface area (TPSA) is 88.6 Å². The summed E-state index contributed by atoms with van der Waals surface area (Å²) < 4.78 is 51.1. The second kappa shape index (κ2) is 5.93. The molecule has 0 aliphatic carbocycles. The van der Waals surface area contributed by atoms with Crippen LogP contribution >= 0.6 is 0 Å². The SMILES string of the molecule is Cc1ccc(S(=O)(=O)N2C3CCC2C(=O)C(S(C)(=O)=O)CC3)cc1. The summed E-state index contributed by atoms with van der Waals surface area (Å²) in [6.45, 7) is 1.87. The average molecular weight is 371 g/mol. The summed E-state index contributed by atoms with van der Waals surface area (Å²) >= 11 is 0. The highest BCUT2D eigenvalue weighted by Gasteiger charge is 2.51. The second-order valence-corrected chi connectivity index (χ2v) is 10.8. The molecule has 8 heteroatoms. The Morgan fingerprint density at radius 2 is 1.54 bits per heavy atom. The molecule has 0 N–H and O–H groups in total. The minimum atomic E-state index is -3.82. The molecule has 0 spiro atoms. The highest BCUT2D eigenvalue weighted by molar-refractivity contribution is 7.92. The van der Waals surface area contributed by atoms with Crippen LogP contribution in [0.3, 0.4) is 0 Å². The van der Waals surface area contributed by atoms with Crippen LogP contribution in [0, 0.1) is 6.92 Å². The number of hydrogen-bond acceptors (Lipinski definition) is 5. The summed E-state index contributed by atoms with van der Waals surface area (Å²) in [5, 5.41) is -1.09. The standard InChI is InChI=1S/C16H21NO5S2/c1-11-3-7-13(8-4-11)24(21,22)17-12-5-9-14(17)16(18)15(10-6-12)23(2,19)20/h3-4,7-8,12,14-15H,5-6,9-10H2,1-2H3. The molecule has 3 atom stereocenters. The summed E-state index contributed by atoms with van der Waals surface area (Å²) in [5.41, 5.74) is 0.945. The van der Waals surface area contributed by atoms with Crippen molar-refractivity contribution in [1.29, 1.82) is 0 Å². The molecule has 1 aromatic carbocycles. The van der Waals surface area contributed by atoms with Gasteiger partial charge in [0.15, 0.2) is 15.6 Å². The molecular weight excluding hydrogens is 350 g/mol. The van der Waals surface area contributed by atoms with Crippen molar-refractivity contribution in [3.05, 3.63) is 29.8 Å². The Bertz CT molecular complexity index is 858. The van der Waals surface area contributed by atoms with Crippen LogP contribution in [0.15, 0.2) is 29.2 Å². The van der Waals surface area contributed by atoms with Crippen LogP contribution < -0.4 is 0 Å². The number of Topliss-reactive ketones (excluding diaryl/α,β-unsaturated/α-hetero) is 1. The monoisotopic (exact) mass is 371 g/mol. The Balaban J connectivity index is 2.02. The fourth-order valence-electron chi connectivity index (χ4n) is 3.72. The number of rotatable bonds is 3. The number of fused-ring (bicyclic) bond motifs is 2. The normalized spacial score (nSPS) is 28.8. The van der Waals surface area contributed by atoms with Gasteiger partial charge >= 0.3 is 0 Å². The van der Waals surface area contributed by atoms with E-state index in [-0.39, 0.29) is 17.4 Å². The lowest BCUT2D eigenvalue weighted by Gasteiger charge is -2.26. The van der Waals surface area contributed by atoms with Crippen molar-refractivity contribution in [2.45, 2.75) is 54.8 Å². The van der Waals surface area contributed by atoms with Crippen LogP contribution in [-0.4, -0.2) is 50.5 Å². The van der Waals surface area contributed by atoms with Gasteiger partial charge in [-0.25, -0.2) is 16.8 Å². The third-order valence-corrected chi connectivity index (χ3v) is 8.44. The number of ketones is 1. The van der Waals surface area contributed by atoms with E-state index in [9.17, 15) is 21.6 Å². The Morgan fingerprint density at radius 3 is 2.12 bits per heavy atom. The quantitative estimate of drug-likeness (QED) is 0.799. The zero-order chi connectivity index (χ0) is 17.7. The number of sulfone groups is 1. The molecule has 132 valence electrons. The molecule has 2 fully saturated rings. The van der Waals surface area contributed by atoms with Gasteiger partial charge in [-0.1, -0.05) is 17.7 Å². The van der Waals surface area contributed by atoms with Crippen LogP contribution in [0.4, 0.5) is 0 Å². The van der Waals surface area contributed by atoms with Gasteiger partial charge in [-0.05, 0) is 44.7 Å². The minimum Gasteiger partial charge on any atom is -0.296 e. The number of carbonyl (C=O) groups is 1. The Labute approximate surface area is 142 Å². The van der Waals surface area contributed by atoms with E-state index in [1.165, 1.54) is 16.4 Å². The first-order chi connectivity index (χ1) is 11.1. The molecule has 1 aromatic rings. The molecule has 2 aliphatic heterocycles. The lowest BCUT2D eigenvalue weighted by molar-refractivity contribution is -0.121. The van der Waals surface area contributed by atoms with Gasteiger partial charge in [-0.2, -0.15) is 4.31 Å². The van der Waals surface area contributed by atoms with E-state index in [0.29, 0.717) is 19.3 Å². The van der Waals surface area contributed by atoms with Crippen molar-refractivity contribution in [3.8, 4) is 0 Å². The number of nitrogens with zero attached hydrogens (tertiary/aromatic N) is 1. The van der Waals surface area contributed by atoms with E-state index in [2.05, 4.69) is 0 Å². The molecule has 2 saturated heterocycles.